The molecule has 1 saturated heterocycles. The van der Waals surface area contributed by atoms with E-state index in [9.17, 15) is 9.59 Å². The molecule has 0 atom stereocenters. The van der Waals surface area contributed by atoms with Gasteiger partial charge in [-0.1, -0.05) is 61.0 Å². The molecule has 2 amide bonds. The van der Waals surface area contributed by atoms with Crippen LogP contribution in [0.5, 0.6) is 0 Å². The van der Waals surface area contributed by atoms with Gasteiger partial charge in [0.2, 0.25) is 5.91 Å². The summed E-state index contributed by atoms with van der Waals surface area (Å²) in [6, 6.07) is 14.3. The van der Waals surface area contributed by atoms with Gasteiger partial charge in [-0.3, -0.25) is 14.5 Å². The van der Waals surface area contributed by atoms with Crippen molar-refractivity contribution in [2.45, 2.75) is 44.6 Å². The molecule has 0 saturated carbocycles. The van der Waals surface area contributed by atoms with Crippen molar-refractivity contribution in [1.82, 2.24) is 5.32 Å². The fraction of sp³-hybridized carbons (Fsp3) is 0.360. The maximum absolute atomic E-state index is 13.7. The number of amides is 2. The normalized spacial score (nSPS) is 15.2. The van der Waals surface area contributed by atoms with E-state index in [1.54, 1.807) is 36.4 Å². The molecule has 0 aliphatic carbocycles. The predicted molar refractivity (Wildman–Crippen MR) is 136 cm³/mol. The maximum atomic E-state index is 13.7. The van der Waals surface area contributed by atoms with Gasteiger partial charge >= 0.3 is 5.91 Å². The molecule has 1 heterocycles. The van der Waals surface area contributed by atoms with Crippen LogP contribution in [0.15, 0.2) is 48.5 Å². The first-order valence-corrected chi connectivity index (χ1v) is 15.1. The number of nitrogens with one attached hydrogen (secondary N) is 1. The fourth-order valence-corrected chi connectivity index (χ4v) is 4.61. The largest absolute Gasteiger partial charge is 0.381 e. The van der Waals surface area contributed by atoms with Crippen molar-refractivity contribution >= 4 is 48.8 Å². The Morgan fingerprint density at radius 2 is 1.70 bits per heavy atom. The Hall–Kier alpha value is -2.30. The number of benzene rings is 2. The van der Waals surface area contributed by atoms with Gasteiger partial charge in [0.05, 0.1) is 0 Å². The van der Waals surface area contributed by atoms with Gasteiger partial charge in [0.25, 0.3) is 0 Å². The summed E-state index contributed by atoms with van der Waals surface area (Å²) in [4.78, 5) is 28.8. The third-order valence-electron chi connectivity index (χ3n) is 5.33. The van der Waals surface area contributed by atoms with Crippen LogP contribution in [-0.4, -0.2) is 38.6 Å². The Kier molecular flexibility index (Phi) is 8.25. The molecule has 3 rings (SSSR count). The van der Waals surface area contributed by atoms with Crippen LogP contribution in [-0.2, 0) is 20.9 Å². The van der Waals surface area contributed by atoms with Crippen LogP contribution in [0, 0.1) is 11.5 Å². The molecule has 8 heteroatoms. The van der Waals surface area contributed by atoms with E-state index in [0.29, 0.717) is 48.3 Å². The molecule has 0 unspecified atom stereocenters. The monoisotopic (exact) mass is 502 g/mol. The Morgan fingerprint density at radius 1 is 1.06 bits per heavy atom. The summed E-state index contributed by atoms with van der Waals surface area (Å²) < 4.78 is 5.57. The quantitative estimate of drug-likeness (QED) is 0.458. The first-order valence-electron chi connectivity index (χ1n) is 10.8. The maximum Gasteiger partial charge on any atom is 0.303 e. The highest BCUT2D eigenvalue weighted by Crippen LogP contribution is 2.34. The number of halogens is 2. The first-order chi connectivity index (χ1) is 15.6. The molecule has 1 fully saturated rings. The lowest BCUT2D eigenvalue weighted by Gasteiger charge is -2.44. The van der Waals surface area contributed by atoms with E-state index in [1.165, 1.54) is 4.90 Å². The third kappa shape index (κ3) is 6.61. The molecule has 1 aliphatic heterocycles. The van der Waals surface area contributed by atoms with E-state index >= 15 is 0 Å². The number of anilines is 1. The highest BCUT2D eigenvalue weighted by atomic mass is 35.5. The summed E-state index contributed by atoms with van der Waals surface area (Å²) in [5.41, 5.74) is 3.40. The minimum Gasteiger partial charge on any atom is -0.381 e. The van der Waals surface area contributed by atoms with Gasteiger partial charge in [-0.15, -0.1) is 5.54 Å². The van der Waals surface area contributed by atoms with Crippen molar-refractivity contribution < 1.29 is 14.3 Å². The molecular formula is C25H28Cl2N2O3Si. The number of rotatable bonds is 5. The molecule has 2 aromatic rings. The Balaban J connectivity index is 2.01. The average molecular weight is 504 g/mol. The van der Waals surface area contributed by atoms with Gasteiger partial charge in [0, 0.05) is 48.3 Å². The van der Waals surface area contributed by atoms with Gasteiger partial charge in [-0.05, 0) is 41.8 Å². The van der Waals surface area contributed by atoms with Gasteiger partial charge in [0.1, 0.15) is 13.6 Å². The van der Waals surface area contributed by atoms with E-state index in [2.05, 4.69) is 36.4 Å². The smallest absolute Gasteiger partial charge is 0.303 e. The highest BCUT2D eigenvalue weighted by Gasteiger charge is 2.48. The highest BCUT2D eigenvalue weighted by molar-refractivity contribution is 6.84. The number of carbonyl (C=O) groups excluding carboxylic acids is 2. The first kappa shape index (κ1) is 25.3. The second-order valence-electron chi connectivity index (χ2n) is 9.08. The summed E-state index contributed by atoms with van der Waals surface area (Å²) in [6.45, 7) is 7.21. The Morgan fingerprint density at radius 3 is 2.30 bits per heavy atom. The van der Waals surface area contributed by atoms with E-state index in [0.717, 1.165) is 5.56 Å². The van der Waals surface area contributed by atoms with Crippen molar-refractivity contribution in [1.29, 1.82) is 0 Å². The lowest BCUT2D eigenvalue weighted by atomic mass is 9.85. The molecular weight excluding hydrogens is 475 g/mol. The van der Waals surface area contributed by atoms with E-state index in [-0.39, 0.29) is 5.91 Å². The molecule has 33 heavy (non-hydrogen) atoms. The second kappa shape index (κ2) is 10.7. The lowest BCUT2D eigenvalue weighted by Crippen LogP contribution is -2.63. The summed E-state index contributed by atoms with van der Waals surface area (Å²) in [5, 5.41) is 4.08. The zero-order valence-corrected chi connectivity index (χ0v) is 21.6. The van der Waals surface area contributed by atoms with Crippen LogP contribution >= 0.6 is 23.2 Å². The number of hydrogen-bond acceptors (Lipinski definition) is 3. The van der Waals surface area contributed by atoms with Gasteiger partial charge in [-0.2, -0.15) is 0 Å². The number of carbonyl (C=O) groups is 2. The topological polar surface area (TPSA) is 58.6 Å². The zero-order valence-electron chi connectivity index (χ0n) is 19.1. The van der Waals surface area contributed by atoms with E-state index < -0.39 is 19.5 Å². The van der Waals surface area contributed by atoms with Gasteiger partial charge in [0.15, 0.2) is 0 Å². The lowest BCUT2D eigenvalue weighted by molar-refractivity contribution is -0.133. The van der Waals surface area contributed by atoms with E-state index in [4.69, 9.17) is 27.9 Å². The van der Waals surface area contributed by atoms with Crippen LogP contribution < -0.4 is 10.2 Å². The van der Waals surface area contributed by atoms with Crippen LogP contribution in [0.1, 0.15) is 18.4 Å². The predicted octanol–water partition coefficient (Wildman–Crippen LogP) is 5.07. The molecule has 0 radical (unpaired) electrons. The average Bonchev–Trinajstić information content (AvgIpc) is 2.76. The molecule has 0 spiro atoms. The molecule has 1 N–H and O–H groups in total. The molecule has 0 bridgehead atoms. The molecule has 1 aliphatic rings. The van der Waals surface area contributed by atoms with Crippen molar-refractivity contribution in [3.63, 3.8) is 0 Å². The Bertz CT molecular complexity index is 1080. The standard InChI is InChI=1S/C25H28Cl2N2O3Si/c1-33(2,3)15-10-23(30)29(22-9-5-8-21(27)17-22)25(11-13-32-14-12-25)24(31)28-18-19-6-4-7-20(26)16-19/h4-9,16-17H,11-14,18H2,1-3H3,(H,28,31). The van der Waals surface area contributed by atoms with Crippen molar-refractivity contribution in [3.05, 3.63) is 64.1 Å². The van der Waals surface area contributed by atoms with Gasteiger partial charge in [-0.25, -0.2) is 0 Å². The Labute approximate surface area is 206 Å². The van der Waals surface area contributed by atoms with Crippen LogP contribution in [0.3, 0.4) is 0 Å². The van der Waals surface area contributed by atoms with Gasteiger partial charge < -0.3 is 10.1 Å². The summed E-state index contributed by atoms with van der Waals surface area (Å²) in [6.07, 6.45) is 0.697. The van der Waals surface area contributed by atoms with Crippen molar-refractivity contribution in [2.24, 2.45) is 0 Å². The minimum atomic E-state index is -1.82. The zero-order chi connectivity index (χ0) is 24.1. The summed E-state index contributed by atoms with van der Waals surface area (Å²) in [7, 11) is -1.82. The third-order valence-corrected chi connectivity index (χ3v) is 6.67. The molecule has 174 valence electrons. The van der Waals surface area contributed by atoms with E-state index in [1.807, 2.05) is 12.1 Å². The number of hydrogen-bond donors (Lipinski definition) is 1. The minimum absolute atomic E-state index is 0.256. The summed E-state index contributed by atoms with van der Waals surface area (Å²) in [5.74, 6) is 2.14. The summed E-state index contributed by atoms with van der Waals surface area (Å²) >= 11 is 12.3. The van der Waals surface area contributed by atoms with Crippen LogP contribution in [0.2, 0.25) is 29.7 Å². The molecule has 5 nitrogen and oxygen atoms in total. The van der Waals surface area contributed by atoms with Crippen molar-refractivity contribution in [3.8, 4) is 11.5 Å². The molecule has 2 aromatic carbocycles. The van der Waals surface area contributed by atoms with Crippen LogP contribution in [0.25, 0.3) is 0 Å². The van der Waals surface area contributed by atoms with Crippen LogP contribution in [0.4, 0.5) is 5.69 Å². The number of nitrogens with zero attached hydrogens (tertiary/aromatic N) is 1. The molecule has 0 aromatic heterocycles. The van der Waals surface area contributed by atoms with Crippen molar-refractivity contribution in [2.75, 3.05) is 18.1 Å². The fourth-order valence-electron chi connectivity index (χ4n) is 3.73. The SMILES string of the molecule is C[Si](C)(C)C#CC(=O)N(c1cccc(Cl)c1)C1(C(=O)NCc2cccc(Cl)c2)CCOCC1. The second-order valence-corrected chi connectivity index (χ2v) is 14.7. The number of ether oxygens (including phenoxy) is 1.